The van der Waals surface area contributed by atoms with Crippen molar-refractivity contribution in [1.29, 1.82) is 0 Å². The molecule has 0 aliphatic rings. The first kappa shape index (κ1) is 15.5. The molecule has 1 aromatic rings. The normalized spacial score (nSPS) is 11.1. The molecule has 0 spiro atoms. The smallest absolute Gasteiger partial charge is 0.324 e. The van der Waals surface area contributed by atoms with Gasteiger partial charge in [-0.2, -0.15) is 8.78 Å². The molecule has 0 aliphatic heterocycles. The summed E-state index contributed by atoms with van der Waals surface area (Å²) in [5.74, 6) is 0.148. The van der Waals surface area contributed by atoms with E-state index in [-0.39, 0.29) is 11.4 Å². The first-order chi connectivity index (χ1) is 8.86. The summed E-state index contributed by atoms with van der Waals surface area (Å²) in [5.41, 5.74) is 5.16. The van der Waals surface area contributed by atoms with Crippen molar-refractivity contribution in [2.75, 3.05) is 13.1 Å². The molecule has 0 aromatic carbocycles. The predicted molar refractivity (Wildman–Crippen MR) is 63.5 cm³/mol. The Hall–Kier alpha value is -1.59. The van der Waals surface area contributed by atoms with Crippen LogP contribution in [0.5, 0.6) is 0 Å². The van der Waals surface area contributed by atoms with E-state index < -0.39 is 24.8 Å². The summed E-state index contributed by atoms with van der Waals surface area (Å²) >= 11 is 0.966. The highest BCUT2D eigenvalue weighted by atomic mass is 32.1. The van der Waals surface area contributed by atoms with Crippen molar-refractivity contribution >= 4 is 17.2 Å². The number of nitrogens with two attached hydrogens (primary N) is 1. The molecule has 0 bridgehead atoms. The first-order valence-corrected chi connectivity index (χ1v) is 5.91. The van der Waals surface area contributed by atoms with E-state index in [0.717, 1.165) is 11.3 Å². The van der Waals surface area contributed by atoms with E-state index in [1.54, 1.807) is 5.32 Å². The maximum atomic E-state index is 12.6. The van der Waals surface area contributed by atoms with Crippen molar-refractivity contribution < 1.29 is 22.4 Å². The molecule has 0 unspecified atom stereocenters. The standard InChI is InChI=1S/C11H10F4N2OS/c12-10(13)11(14,15)6-17-9(18)8-4-3-7(19-8)2-1-5-16/h3-4,10H,5-6,16H2,(H,17,18). The second-order valence-electron chi connectivity index (χ2n) is 3.41. The molecule has 3 N–H and O–H groups in total. The van der Waals surface area contributed by atoms with Crippen LogP contribution >= 0.6 is 11.3 Å². The molecule has 1 amide bonds. The summed E-state index contributed by atoms with van der Waals surface area (Å²) in [6, 6.07) is 2.90. The summed E-state index contributed by atoms with van der Waals surface area (Å²) < 4.78 is 49.0. The van der Waals surface area contributed by atoms with Gasteiger partial charge in [-0.15, -0.1) is 11.3 Å². The molecule has 0 aliphatic carbocycles. The summed E-state index contributed by atoms with van der Waals surface area (Å²) in [5, 5.41) is 1.76. The van der Waals surface area contributed by atoms with Gasteiger partial charge in [0.15, 0.2) is 0 Å². The number of hydrogen-bond acceptors (Lipinski definition) is 3. The van der Waals surface area contributed by atoms with Gasteiger partial charge in [-0.1, -0.05) is 11.8 Å². The molecule has 8 heteroatoms. The second kappa shape index (κ2) is 6.54. The first-order valence-electron chi connectivity index (χ1n) is 5.10. The molecule has 0 saturated carbocycles. The number of amides is 1. The number of carbonyl (C=O) groups excluding carboxylic acids is 1. The highest BCUT2D eigenvalue weighted by Crippen LogP contribution is 2.22. The maximum absolute atomic E-state index is 12.6. The highest BCUT2D eigenvalue weighted by Gasteiger charge is 2.40. The number of nitrogens with one attached hydrogen (secondary N) is 1. The van der Waals surface area contributed by atoms with Gasteiger partial charge in [-0.3, -0.25) is 4.79 Å². The second-order valence-corrected chi connectivity index (χ2v) is 4.50. The molecule has 0 fully saturated rings. The fourth-order valence-electron chi connectivity index (χ4n) is 1.03. The quantitative estimate of drug-likeness (QED) is 0.656. The third-order valence-electron chi connectivity index (χ3n) is 1.95. The van der Waals surface area contributed by atoms with Gasteiger partial charge in [0.05, 0.1) is 22.8 Å². The fraction of sp³-hybridized carbons (Fsp3) is 0.364. The molecule has 0 atom stereocenters. The van der Waals surface area contributed by atoms with E-state index in [9.17, 15) is 22.4 Å². The van der Waals surface area contributed by atoms with Crippen molar-refractivity contribution in [1.82, 2.24) is 5.32 Å². The van der Waals surface area contributed by atoms with Gasteiger partial charge >= 0.3 is 12.3 Å². The van der Waals surface area contributed by atoms with Crippen molar-refractivity contribution in [2.45, 2.75) is 12.3 Å². The van der Waals surface area contributed by atoms with E-state index >= 15 is 0 Å². The number of alkyl halides is 4. The minimum absolute atomic E-state index is 0.117. The van der Waals surface area contributed by atoms with Crippen LogP contribution in [0.3, 0.4) is 0 Å². The number of hydrogen-bond donors (Lipinski definition) is 2. The number of rotatable bonds is 4. The van der Waals surface area contributed by atoms with Gasteiger partial charge in [-0.05, 0) is 12.1 Å². The average molecular weight is 294 g/mol. The molecule has 104 valence electrons. The van der Waals surface area contributed by atoms with Gasteiger partial charge in [0.25, 0.3) is 5.91 Å². The topological polar surface area (TPSA) is 55.1 Å². The Morgan fingerprint density at radius 1 is 1.47 bits per heavy atom. The lowest BCUT2D eigenvalue weighted by Gasteiger charge is -2.15. The molecule has 1 heterocycles. The maximum Gasteiger partial charge on any atom is 0.324 e. The molecule has 0 radical (unpaired) electrons. The van der Waals surface area contributed by atoms with Crippen molar-refractivity contribution in [2.24, 2.45) is 5.73 Å². The number of carbonyl (C=O) groups is 1. The van der Waals surface area contributed by atoms with Crippen LogP contribution < -0.4 is 11.1 Å². The van der Waals surface area contributed by atoms with Crippen LogP contribution in [0.25, 0.3) is 0 Å². The van der Waals surface area contributed by atoms with Gasteiger partial charge in [0, 0.05) is 0 Å². The van der Waals surface area contributed by atoms with Gasteiger partial charge in [0.2, 0.25) is 0 Å². The Bertz CT molecular complexity index is 504. The molecule has 19 heavy (non-hydrogen) atoms. The molecule has 1 rings (SSSR count). The van der Waals surface area contributed by atoms with E-state index in [0.29, 0.717) is 4.88 Å². The largest absolute Gasteiger partial charge is 0.345 e. The van der Waals surface area contributed by atoms with E-state index in [1.165, 1.54) is 12.1 Å². The lowest BCUT2D eigenvalue weighted by Crippen LogP contribution is -2.41. The SMILES string of the molecule is NCC#Cc1ccc(C(=O)NCC(F)(F)C(F)F)s1. The Balaban J connectivity index is 2.62. The Labute approximate surface area is 110 Å². The Morgan fingerprint density at radius 2 is 2.16 bits per heavy atom. The molecular formula is C11H10F4N2OS. The number of halogens is 4. The van der Waals surface area contributed by atoms with Crippen LogP contribution in [0.2, 0.25) is 0 Å². The lowest BCUT2D eigenvalue weighted by atomic mass is 10.3. The summed E-state index contributed by atoms with van der Waals surface area (Å²) in [6.45, 7) is -1.26. The van der Waals surface area contributed by atoms with Crippen LogP contribution in [-0.2, 0) is 0 Å². The highest BCUT2D eigenvalue weighted by molar-refractivity contribution is 7.14. The van der Waals surface area contributed by atoms with Crippen LogP contribution in [-0.4, -0.2) is 31.3 Å². The molecule has 3 nitrogen and oxygen atoms in total. The van der Waals surface area contributed by atoms with Crippen LogP contribution in [0.1, 0.15) is 14.5 Å². The minimum atomic E-state index is -4.24. The van der Waals surface area contributed by atoms with E-state index in [2.05, 4.69) is 11.8 Å². The van der Waals surface area contributed by atoms with E-state index in [4.69, 9.17) is 5.73 Å². The third-order valence-corrected chi connectivity index (χ3v) is 2.95. The van der Waals surface area contributed by atoms with Crippen LogP contribution in [0, 0.1) is 11.8 Å². The average Bonchev–Trinajstić information content (AvgIpc) is 2.82. The van der Waals surface area contributed by atoms with Gasteiger partial charge in [-0.25, -0.2) is 8.78 Å². The minimum Gasteiger partial charge on any atom is -0.345 e. The molecule has 1 aromatic heterocycles. The van der Waals surface area contributed by atoms with E-state index in [1.807, 2.05) is 0 Å². The summed E-state index contributed by atoms with van der Waals surface area (Å²) in [7, 11) is 0. The zero-order chi connectivity index (χ0) is 14.5. The predicted octanol–water partition coefficient (Wildman–Crippen LogP) is 1.69. The zero-order valence-electron chi connectivity index (χ0n) is 9.55. The third kappa shape index (κ3) is 4.54. The van der Waals surface area contributed by atoms with Crippen molar-refractivity contribution in [3.63, 3.8) is 0 Å². The zero-order valence-corrected chi connectivity index (χ0v) is 10.4. The molecular weight excluding hydrogens is 284 g/mol. The number of thiophene rings is 1. The lowest BCUT2D eigenvalue weighted by molar-refractivity contribution is -0.123. The Kier molecular flexibility index (Phi) is 5.32. The molecule has 0 saturated heterocycles. The summed E-state index contributed by atoms with van der Waals surface area (Å²) in [4.78, 5) is 12.1. The van der Waals surface area contributed by atoms with Gasteiger partial charge in [0.1, 0.15) is 0 Å². The Morgan fingerprint density at radius 3 is 2.74 bits per heavy atom. The fourth-order valence-corrected chi connectivity index (χ4v) is 1.82. The monoisotopic (exact) mass is 294 g/mol. The van der Waals surface area contributed by atoms with Crippen molar-refractivity contribution in [3.05, 3.63) is 21.9 Å². The van der Waals surface area contributed by atoms with Crippen molar-refractivity contribution in [3.8, 4) is 11.8 Å². The van der Waals surface area contributed by atoms with Crippen LogP contribution in [0.15, 0.2) is 12.1 Å². The van der Waals surface area contributed by atoms with Crippen LogP contribution in [0.4, 0.5) is 17.6 Å². The van der Waals surface area contributed by atoms with Gasteiger partial charge < -0.3 is 11.1 Å². The summed E-state index contributed by atoms with van der Waals surface area (Å²) in [6.07, 6.45) is -3.82.